The Morgan fingerprint density at radius 3 is 2.50 bits per heavy atom. The molecule has 0 saturated heterocycles. The standard InChI is InChI=1S/C11H22S/c1-4-5-6-7-9-12-10-8-11(2)3/h8H,4-7,9-10H2,1-3H3. The van der Waals surface area contributed by atoms with Gasteiger partial charge in [-0.25, -0.2) is 0 Å². The van der Waals surface area contributed by atoms with Crippen molar-refractivity contribution in [1.29, 1.82) is 0 Å². The largest absolute Gasteiger partial charge is 0.158 e. The summed E-state index contributed by atoms with van der Waals surface area (Å²) in [6.45, 7) is 6.59. The second-order valence-corrected chi connectivity index (χ2v) is 4.57. The van der Waals surface area contributed by atoms with E-state index in [2.05, 4.69) is 38.6 Å². The molecule has 1 heteroatoms. The van der Waals surface area contributed by atoms with Crippen LogP contribution in [0.1, 0.15) is 46.5 Å². The van der Waals surface area contributed by atoms with Gasteiger partial charge in [0.15, 0.2) is 0 Å². The molecule has 0 aromatic heterocycles. The molecule has 0 atom stereocenters. The van der Waals surface area contributed by atoms with E-state index in [1.54, 1.807) is 0 Å². The van der Waals surface area contributed by atoms with Gasteiger partial charge >= 0.3 is 0 Å². The van der Waals surface area contributed by atoms with Crippen molar-refractivity contribution in [3.8, 4) is 0 Å². The number of hydrogen-bond acceptors (Lipinski definition) is 1. The third-order valence-corrected chi connectivity index (χ3v) is 2.73. The highest BCUT2D eigenvalue weighted by molar-refractivity contribution is 7.99. The van der Waals surface area contributed by atoms with Gasteiger partial charge in [0, 0.05) is 5.75 Å². The predicted octanol–water partition coefficient (Wildman–Crippen LogP) is 4.27. The normalized spacial score (nSPS) is 9.92. The van der Waals surface area contributed by atoms with Crippen molar-refractivity contribution in [2.24, 2.45) is 0 Å². The molecule has 0 aromatic rings. The molecule has 0 nitrogen and oxygen atoms in total. The van der Waals surface area contributed by atoms with Crippen LogP contribution in [0.2, 0.25) is 0 Å². The molecular weight excluding hydrogens is 164 g/mol. The number of thioether (sulfide) groups is 1. The third kappa shape index (κ3) is 10.1. The van der Waals surface area contributed by atoms with E-state index in [-0.39, 0.29) is 0 Å². The predicted molar refractivity (Wildman–Crippen MR) is 60.9 cm³/mol. The second kappa shape index (κ2) is 9.18. The van der Waals surface area contributed by atoms with E-state index in [4.69, 9.17) is 0 Å². The van der Waals surface area contributed by atoms with Crippen LogP contribution in [0.5, 0.6) is 0 Å². The van der Waals surface area contributed by atoms with Crippen LogP contribution >= 0.6 is 11.8 Å². The molecule has 0 saturated carbocycles. The van der Waals surface area contributed by atoms with Crippen molar-refractivity contribution >= 4 is 11.8 Å². The summed E-state index contributed by atoms with van der Waals surface area (Å²) in [6, 6.07) is 0. The molecule has 0 heterocycles. The van der Waals surface area contributed by atoms with Gasteiger partial charge in [0.05, 0.1) is 0 Å². The maximum absolute atomic E-state index is 2.31. The Morgan fingerprint density at radius 2 is 1.92 bits per heavy atom. The lowest BCUT2D eigenvalue weighted by atomic mass is 10.2. The van der Waals surface area contributed by atoms with Gasteiger partial charge in [0.2, 0.25) is 0 Å². The van der Waals surface area contributed by atoms with Crippen LogP contribution < -0.4 is 0 Å². The monoisotopic (exact) mass is 186 g/mol. The molecule has 0 aliphatic rings. The van der Waals surface area contributed by atoms with Gasteiger partial charge in [0.25, 0.3) is 0 Å². The van der Waals surface area contributed by atoms with E-state index in [0.717, 1.165) is 0 Å². The minimum absolute atomic E-state index is 1.20. The molecule has 0 amide bonds. The summed E-state index contributed by atoms with van der Waals surface area (Å²) in [5.41, 5.74) is 1.44. The highest BCUT2D eigenvalue weighted by Crippen LogP contribution is 2.08. The van der Waals surface area contributed by atoms with E-state index in [1.807, 2.05) is 0 Å². The van der Waals surface area contributed by atoms with Crippen molar-refractivity contribution in [3.63, 3.8) is 0 Å². The first-order chi connectivity index (χ1) is 5.77. The molecule has 0 radical (unpaired) electrons. The Balaban J connectivity index is 2.96. The minimum atomic E-state index is 1.20. The van der Waals surface area contributed by atoms with Crippen LogP contribution in [-0.4, -0.2) is 11.5 Å². The van der Waals surface area contributed by atoms with E-state index in [1.165, 1.54) is 42.8 Å². The first-order valence-electron chi connectivity index (χ1n) is 4.98. The molecule has 0 bridgehead atoms. The topological polar surface area (TPSA) is 0 Å². The summed E-state index contributed by atoms with van der Waals surface area (Å²) >= 11 is 2.06. The molecule has 0 aliphatic carbocycles. The van der Waals surface area contributed by atoms with E-state index in [9.17, 15) is 0 Å². The summed E-state index contributed by atoms with van der Waals surface area (Å²) in [4.78, 5) is 0. The molecule has 0 N–H and O–H groups in total. The van der Waals surface area contributed by atoms with Gasteiger partial charge < -0.3 is 0 Å². The first kappa shape index (κ1) is 12.1. The fraction of sp³-hybridized carbons (Fsp3) is 0.818. The third-order valence-electron chi connectivity index (χ3n) is 1.75. The Hall–Kier alpha value is 0.0900. The lowest BCUT2D eigenvalue weighted by molar-refractivity contribution is 0.706. The first-order valence-corrected chi connectivity index (χ1v) is 6.14. The SMILES string of the molecule is CCCCCCSCC=C(C)C. The van der Waals surface area contributed by atoms with Gasteiger partial charge in [-0.1, -0.05) is 37.8 Å². The molecule has 0 aliphatic heterocycles. The average Bonchev–Trinajstić information content (AvgIpc) is 2.02. The number of rotatable bonds is 7. The van der Waals surface area contributed by atoms with Crippen LogP contribution in [0.3, 0.4) is 0 Å². The Morgan fingerprint density at radius 1 is 1.17 bits per heavy atom. The quantitative estimate of drug-likeness (QED) is 0.423. The van der Waals surface area contributed by atoms with Crippen molar-refractivity contribution in [2.75, 3.05) is 11.5 Å². The molecular formula is C11H22S. The smallest absolute Gasteiger partial charge is 0.0115 e. The molecule has 12 heavy (non-hydrogen) atoms. The molecule has 0 spiro atoms. The summed E-state index contributed by atoms with van der Waals surface area (Å²) in [6.07, 6.45) is 7.87. The van der Waals surface area contributed by atoms with Gasteiger partial charge in [-0.05, 0) is 26.0 Å². The zero-order valence-corrected chi connectivity index (χ0v) is 9.54. The Kier molecular flexibility index (Phi) is 9.25. The van der Waals surface area contributed by atoms with Crippen LogP contribution in [0.25, 0.3) is 0 Å². The van der Waals surface area contributed by atoms with Gasteiger partial charge in [-0.3, -0.25) is 0 Å². The molecule has 0 rings (SSSR count). The second-order valence-electron chi connectivity index (χ2n) is 3.42. The number of allylic oxidation sites excluding steroid dienone is 1. The highest BCUT2D eigenvalue weighted by atomic mass is 32.2. The average molecular weight is 186 g/mol. The van der Waals surface area contributed by atoms with Crippen molar-refractivity contribution in [2.45, 2.75) is 46.5 Å². The molecule has 0 fully saturated rings. The van der Waals surface area contributed by atoms with Gasteiger partial charge in [-0.2, -0.15) is 11.8 Å². The lowest BCUT2D eigenvalue weighted by Gasteiger charge is -1.98. The van der Waals surface area contributed by atoms with E-state index >= 15 is 0 Å². The van der Waals surface area contributed by atoms with Crippen LogP contribution in [0, 0.1) is 0 Å². The number of hydrogen-bond donors (Lipinski definition) is 0. The van der Waals surface area contributed by atoms with Gasteiger partial charge in [0.1, 0.15) is 0 Å². The molecule has 72 valence electrons. The zero-order valence-electron chi connectivity index (χ0n) is 8.73. The Labute approximate surface area is 81.8 Å². The van der Waals surface area contributed by atoms with Crippen molar-refractivity contribution in [1.82, 2.24) is 0 Å². The fourth-order valence-electron chi connectivity index (χ4n) is 0.940. The molecule has 0 aromatic carbocycles. The van der Waals surface area contributed by atoms with E-state index < -0.39 is 0 Å². The van der Waals surface area contributed by atoms with Crippen LogP contribution in [0.15, 0.2) is 11.6 Å². The van der Waals surface area contributed by atoms with E-state index in [0.29, 0.717) is 0 Å². The van der Waals surface area contributed by atoms with Crippen LogP contribution in [0.4, 0.5) is 0 Å². The summed E-state index contributed by atoms with van der Waals surface area (Å²) in [7, 11) is 0. The van der Waals surface area contributed by atoms with Crippen molar-refractivity contribution in [3.05, 3.63) is 11.6 Å². The van der Waals surface area contributed by atoms with Crippen molar-refractivity contribution < 1.29 is 0 Å². The Bertz CT molecular complexity index is 112. The summed E-state index contributed by atoms with van der Waals surface area (Å²) < 4.78 is 0. The highest BCUT2D eigenvalue weighted by Gasteiger charge is 1.88. The van der Waals surface area contributed by atoms with Crippen LogP contribution in [-0.2, 0) is 0 Å². The minimum Gasteiger partial charge on any atom is -0.158 e. The zero-order chi connectivity index (χ0) is 9.23. The van der Waals surface area contributed by atoms with Gasteiger partial charge in [-0.15, -0.1) is 0 Å². The lowest BCUT2D eigenvalue weighted by Crippen LogP contribution is -1.82. The molecule has 0 unspecified atom stereocenters. The maximum Gasteiger partial charge on any atom is 0.0115 e. The summed E-state index contributed by atoms with van der Waals surface area (Å²) in [5.74, 6) is 2.54. The summed E-state index contributed by atoms with van der Waals surface area (Å²) in [5, 5.41) is 0. The number of unbranched alkanes of at least 4 members (excludes halogenated alkanes) is 3. The maximum atomic E-state index is 2.31. The fourth-order valence-corrected chi connectivity index (χ4v) is 1.97.